The molecule has 1 aromatic carbocycles. The van der Waals surface area contributed by atoms with Crippen LogP contribution in [-0.4, -0.2) is 24.7 Å². The number of rotatable bonds is 7. The number of hydrogen-bond donors (Lipinski definition) is 1. The molecule has 2 aromatic rings. The lowest BCUT2D eigenvalue weighted by Crippen LogP contribution is -2.24. The van der Waals surface area contributed by atoms with E-state index in [0.29, 0.717) is 23.9 Å². The molecule has 24 heavy (non-hydrogen) atoms. The SMILES string of the molecule is COc1ncc(C=CCCNC(=O)OCc2ccccc2)cc1Cl. The van der Waals surface area contributed by atoms with Crippen LogP contribution in [0.15, 0.2) is 48.7 Å². The Kier molecular flexibility index (Phi) is 7.11. The minimum Gasteiger partial charge on any atom is -0.480 e. The summed E-state index contributed by atoms with van der Waals surface area (Å²) in [5.74, 6) is 0.400. The van der Waals surface area contributed by atoms with Gasteiger partial charge in [0.2, 0.25) is 5.88 Å². The summed E-state index contributed by atoms with van der Waals surface area (Å²) in [6.45, 7) is 0.750. The highest BCUT2D eigenvalue weighted by atomic mass is 35.5. The Morgan fingerprint density at radius 3 is 2.83 bits per heavy atom. The van der Waals surface area contributed by atoms with Crippen molar-refractivity contribution >= 4 is 23.8 Å². The van der Waals surface area contributed by atoms with Gasteiger partial charge in [-0.3, -0.25) is 0 Å². The molecular formula is C18H19ClN2O3. The van der Waals surface area contributed by atoms with Gasteiger partial charge in [-0.1, -0.05) is 54.1 Å². The lowest BCUT2D eigenvalue weighted by molar-refractivity contribution is 0.140. The molecule has 0 saturated carbocycles. The third-order valence-corrected chi connectivity index (χ3v) is 3.40. The summed E-state index contributed by atoms with van der Waals surface area (Å²) in [6.07, 6.45) is 5.72. The number of alkyl carbamates (subject to hydrolysis) is 1. The first-order chi connectivity index (χ1) is 11.7. The van der Waals surface area contributed by atoms with Crippen LogP contribution >= 0.6 is 11.6 Å². The Morgan fingerprint density at radius 2 is 2.12 bits per heavy atom. The van der Waals surface area contributed by atoms with Crippen LogP contribution in [0.4, 0.5) is 4.79 Å². The summed E-state index contributed by atoms with van der Waals surface area (Å²) >= 11 is 6.00. The number of carbonyl (C=O) groups is 1. The van der Waals surface area contributed by atoms with Crippen molar-refractivity contribution in [1.29, 1.82) is 0 Å². The summed E-state index contributed by atoms with van der Waals surface area (Å²) in [7, 11) is 1.52. The molecule has 0 aliphatic carbocycles. The summed E-state index contributed by atoms with van der Waals surface area (Å²) in [5.41, 5.74) is 1.82. The van der Waals surface area contributed by atoms with Crippen LogP contribution in [0.2, 0.25) is 5.02 Å². The van der Waals surface area contributed by atoms with E-state index in [1.807, 2.05) is 42.5 Å². The van der Waals surface area contributed by atoms with E-state index in [-0.39, 0.29) is 6.61 Å². The Balaban J connectivity index is 1.66. The van der Waals surface area contributed by atoms with Crippen molar-refractivity contribution in [3.8, 4) is 5.88 Å². The average molecular weight is 347 g/mol. The van der Waals surface area contributed by atoms with Crippen LogP contribution in [0.3, 0.4) is 0 Å². The van der Waals surface area contributed by atoms with E-state index >= 15 is 0 Å². The van der Waals surface area contributed by atoms with Gasteiger partial charge in [-0.2, -0.15) is 0 Å². The number of halogens is 1. The number of benzene rings is 1. The number of nitrogens with zero attached hydrogens (tertiary/aromatic N) is 1. The molecule has 1 N–H and O–H groups in total. The molecule has 0 spiro atoms. The van der Waals surface area contributed by atoms with Gasteiger partial charge in [0.15, 0.2) is 0 Å². The van der Waals surface area contributed by atoms with Gasteiger partial charge in [0, 0.05) is 12.7 Å². The number of methoxy groups -OCH3 is 1. The Morgan fingerprint density at radius 1 is 1.33 bits per heavy atom. The molecule has 1 aromatic heterocycles. The van der Waals surface area contributed by atoms with E-state index in [1.54, 1.807) is 12.3 Å². The molecule has 0 bridgehead atoms. The van der Waals surface area contributed by atoms with Crippen molar-refractivity contribution in [3.63, 3.8) is 0 Å². The van der Waals surface area contributed by atoms with Crippen molar-refractivity contribution in [1.82, 2.24) is 10.3 Å². The molecule has 5 nitrogen and oxygen atoms in total. The minimum atomic E-state index is -0.429. The smallest absolute Gasteiger partial charge is 0.407 e. The maximum atomic E-state index is 11.6. The number of aromatic nitrogens is 1. The van der Waals surface area contributed by atoms with E-state index < -0.39 is 6.09 Å². The predicted molar refractivity (Wildman–Crippen MR) is 94.1 cm³/mol. The molecule has 0 aliphatic heterocycles. The van der Waals surface area contributed by atoms with Gasteiger partial charge < -0.3 is 14.8 Å². The fraction of sp³-hybridized carbons (Fsp3) is 0.222. The van der Waals surface area contributed by atoms with Crippen LogP contribution in [0.5, 0.6) is 5.88 Å². The van der Waals surface area contributed by atoms with E-state index in [1.165, 1.54) is 7.11 Å². The largest absolute Gasteiger partial charge is 0.480 e. The highest BCUT2D eigenvalue weighted by Gasteiger charge is 2.02. The van der Waals surface area contributed by atoms with Gasteiger partial charge in [0.25, 0.3) is 0 Å². The molecule has 0 atom stereocenters. The zero-order chi connectivity index (χ0) is 17.2. The van der Waals surface area contributed by atoms with E-state index in [4.69, 9.17) is 21.1 Å². The lowest BCUT2D eigenvalue weighted by Gasteiger charge is -2.06. The maximum absolute atomic E-state index is 11.6. The zero-order valence-corrected chi connectivity index (χ0v) is 14.1. The summed E-state index contributed by atoms with van der Waals surface area (Å²) < 4.78 is 10.1. The summed E-state index contributed by atoms with van der Waals surface area (Å²) in [5, 5.41) is 3.16. The first kappa shape index (κ1) is 17.8. The van der Waals surface area contributed by atoms with Gasteiger partial charge in [-0.15, -0.1) is 0 Å². The second-order valence-corrected chi connectivity index (χ2v) is 5.35. The van der Waals surface area contributed by atoms with E-state index in [2.05, 4.69) is 10.3 Å². The number of hydrogen-bond acceptors (Lipinski definition) is 4. The molecule has 0 fully saturated rings. The third kappa shape index (κ3) is 5.93. The van der Waals surface area contributed by atoms with Crippen molar-refractivity contribution in [2.24, 2.45) is 0 Å². The molecule has 126 valence electrons. The fourth-order valence-electron chi connectivity index (χ4n) is 1.93. The number of pyridine rings is 1. The minimum absolute atomic E-state index is 0.262. The molecule has 0 saturated heterocycles. The second kappa shape index (κ2) is 9.57. The zero-order valence-electron chi connectivity index (χ0n) is 13.4. The van der Waals surface area contributed by atoms with Crippen molar-refractivity contribution in [2.75, 3.05) is 13.7 Å². The molecule has 1 heterocycles. The topological polar surface area (TPSA) is 60.5 Å². The first-order valence-corrected chi connectivity index (χ1v) is 7.87. The lowest BCUT2D eigenvalue weighted by atomic mass is 10.2. The highest BCUT2D eigenvalue weighted by Crippen LogP contribution is 2.22. The average Bonchev–Trinajstić information content (AvgIpc) is 2.61. The van der Waals surface area contributed by atoms with Crippen molar-refractivity contribution in [3.05, 3.63) is 64.8 Å². The highest BCUT2D eigenvalue weighted by molar-refractivity contribution is 6.31. The number of nitrogens with one attached hydrogen (secondary N) is 1. The van der Waals surface area contributed by atoms with Crippen LogP contribution < -0.4 is 10.1 Å². The van der Waals surface area contributed by atoms with Gasteiger partial charge in [-0.05, 0) is 23.6 Å². The third-order valence-electron chi connectivity index (χ3n) is 3.13. The van der Waals surface area contributed by atoms with Gasteiger partial charge in [-0.25, -0.2) is 9.78 Å². The van der Waals surface area contributed by atoms with Crippen LogP contribution in [-0.2, 0) is 11.3 Å². The molecule has 6 heteroatoms. The first-order valence-electron chi connectivity index (χ1n) is 7.49. The molecule has 1 amide bonds. The standard InChI is InChI=1S/C18H19ClN2O3/c1-23-17-16(19)11-15(12-21-17)9-5-6-10-20-18(22)24-13-14-7-3-2-4-8-14/h2-5,7-9,11-12H,6,10,13H2,1H3,(H,20,22). The quantitative estimate of drug-likeness (QED) is 0.767. The normalized spacial score (nSPS) is 10.6. The van der Waals surface area contributed by atoms with Crippen LogP contribution in [0.1, 0.15) is 17.5 Å². The number of amides is 1. The van der Waals surface area contributed by atoms with Gasteiger partial charge in [0.05, 0.1) is 7.11 Å². The van der Waals surface area contributed by atoms with Gasteiger partial charge in [0.1, 0.15) is 11.6 Å². The maximum Gasteiger partial charge on any atom is 0.407 e. The molecular weight excluding hydrogens is 328 g/mol. The predicted octanol–water partition coefficient (Wildman–Crippen LogP) is 4.07. The summed E-state index contributed by atoms with van der Waals surface area (Å²) in [6, 6.07) is 11.3. The molecule has 2 rings (SSSR count). The monoisotopic (exact) mass is 346 g/mol. The van der Waals surface area contributed by atoms with Gasteiger partial charge >= 0.3 is 6.09 Å². The molecule has 0 radical (unpaired) electrons. The number of carbonyl (C=O) groups excluding carboxylic acids is 1. The van der Waals surface area contributed by atoms with E-state index in [9.17, 15) is 4.79 Å². The molecule has 0 unspecified atom stereocenters. The Bertz CT molecular complexity index is 690. The summed E-state index contributed by atoms with van der Waals surface area (Å²) in [4.78, 5) is 15.6. The Labute approximate surface area is 146 Å². The number of ether oxygens (including phenoxy) is 2. The van der Waals surface area contributed by atoms with Crippen LogP contribution in [0.25, 0.3) is 6.08 Å². The van der Waals surface area contributed by atoms with Crippen molar-refractivity contribution < 1.29 is 14.3 Å². The molecule has 0 aliphatic rings. The Hall–Kier alpha value is -2.53. The second-order valence-electron chi connectivity index (χ2n) is 4.94. The van der Waals surface area contributed by atoms with Crippen LogP contribution in [0, 0.1) is 0 Å². The van der Waals surface area contributed by atoms with Crippen molar-refractivity contribution in [2.45, 2.75) is 13.0 Å². The fourth-order valence-corrected chi connectivity index (χ4v) is 2.18. The van der Waals surface area contributed by atoms with E-state index in [0.717, 1.165) is 11.1 Å².